The quantitative estimate of drug-likeness (QED) is 0.175. The molecule has 11 heteroatoms. The second-order valence-electron chi connectivity index (χ2n) is 11.4. The van der Waals surface area contributed by atoms with Crippen molar-refractivity contribution < 1.29 is 27.1 Å². The number of carbonyl (C=O) groups is 1. The number of hydrogen-bond acceptors (Lipinski definition) is 5. The molecule has 4 atom stereocenters. The van der Waals surface area contributed by atoms with Crippen LogP contribution in [0.25, 0.3) is 22.0 Å². The first-order valence-electron chi connectivity index (χ1n) is 14.8. The van der Waals surface area contributed by atoms with Crippen LogP contribution >= 0.6 is 0 Å². The zero-order valence-corrected chi connectivity index (χ0v) is 24.4. The Labute approximate surface area is 247 Å². The molecular weight excluding hydrogens is 562 g/mol. The number of piperidine rings is 1. The van der Waals surface area contributed by atoms with Crippen LogP contribution < -0.4 is 0 Å². The van der Waals surface area contributed by atoms with E-state index in [1.165, 1.54) is 23.3 Å². The Balaban J connectivity index is 1.40. The third-order valence-electron chi connectivity index (χ3n) is 8.88. The molecule has 1 saturated heterocycles. The summed E-state index contributed by atoms with van der Waals surface area (Å²) in [4.78, 5) is 19.7. The Morgan fingerprint density at radius 2 is 1.91 bits per heavy atom. The van der Waals surface area contributed by atoms with Gasteiger partial charge in [0.1, 0.15) is 12.3 Å². The van der Waals surface area contributed by atoms with Crippen molar-refractivity contribution in [2.45, 2.75) is 70.9 Å². The summed E-state index contributed by atoms with van der Waals surface area (Å²) in [6.45, 7) is 7.79. The van der Waals surface area contributed by atoms with E-state index in [4.69, 9.17) is 4.74 Å². The van der Waals surface area contributed by atoms with Crippen LogP contribution in [-0.2, 0) is 22.5 Å². The number of ether oxygens (including phenoxy) is 1. The largest absolute Gasteiger partial charge is 0.464 e. The van der Waals surface area contributed by atoms with Gasteiger partial charge in [-0.2, -0.15) is 5.10 Å². The molecular formula is C32H35F4N5O2. The minimum absolute atomic E-state index is 0.0916. The van der Waals surface area contributed by atoms with Crippen molar-refractivity contribution in [1.29, 1.82) is 0 Å². The van der Waals surface area contributed by atoms with Gasteiger partial charge in [0.2, 0.25) is 0 Å². The molecule has 2 aromatic carbocycles. The minimum Gasteiger partial charge on any atom is -0.464 e. The topological polar surface area (TPSA) is 65.2 Å². The maximum atomic E-state index is 14.9. The van der Waals surface area contributed by atoms with E-state index in [2.05, 4.69) is 15.0 Å². The molecule has 228 valence electrons. The average molecular weight is 598 g/mol. The summed E-state index contributed by atoms with van der Waals surface area (Å²) in [5.41, 5.74) is 3.81. The highest BCUT2D eigenvalue weighted by molar-refractivity contribution is 5.92. The van der Waals surface area contributed by atoms with Gasteiger partial charge < -0.3 is 14.2 Å². The Morgan fingerprint density at radius 3 is 2.58 bits per heavy atom. The molecule has 1 unspecified atom stereocenters. The van der Waals surface area contributed by atoms with E-state index in [1.54, 1.807) is 18.4 Å². The van der Waals surface area contributed by atoms with E-state index in [0.717, 1.165) is 25.1 Å². The van der Waals surface area contributed by atoms with Crippen molar-refractivity contribution in [1.82, 2.24) is 24.2 Å². The van der Waals surface area contributed by atoms with Gasteiger partial charge in [-0.3, -0.25) is 4.68 Å². The van der Waals surface area contributed by atoms with Crippen molar-refractivity contribution >= 4 is 16.9 Å². The van der Waals surface area contributed by atoms with Crippen LogP contribution in [0.4, 0.5) is 17.6 Å². The summed E-state index contributed by atoms with van der Waals surface area (Å²) < 4.78 is 66.4. The van der Waals surface area contributed by atoms with Crippen molar-refractivity contribution in [3.63, 3.8) is 0 Å². The van der Waals surface area contributed by atoms with Gasteiger partial charge in [-0.25, -0.2) is 27.3 Å². The number of rotatable bonds is 8. The van der Waals surface area contributed by atoms with Crippen LogP contribution in [-0.4, -0.2) is 68.8 Å². The van der Waals surface area contributed by atoms with Gasteiger partial charge in [0.05, 0.1) is 30.7 Å². The Hall–Kier alpha value is -3.73. The third-order valence-corrected chi connectivity index (χ3v) is 8.88. The zero-order valence-electron chi connectivity index (χ0n) is 24.4. The van der Waals surface area contributed by atoms with Crippen LogP contribution in [0.15, 0.2) is 42.9 Å². The maximum absolute atomic E-state index is 14.9. The van der Waals surface area contributed by atoms with E-state index in [1.807, 2.05) is 31.2 Å². The smallest absolute Gasteiger partial charge is 0.337 e. The van der Waals surface area contributed by atoms with Crippen molar-refractivity contribution in [3.8, 4) is 11.1 Å². The van der Waals surface area contributed by atoms with Gasteiger partial charge >= 0.3 is 5.97 Å². The van der Waals surface area contributed by atoms with Gasteiger partial charge in [0.25, 0.3) is 6.43 Å². The van der Waals surface area contributed by atoms with Crippen LogP contribution in [0, 0.1) is 6.92 Å². The lowest BCUT2D eigenvalue weighted by Crippen LogP contribution is -2.40. The van der Waals surface area contributed by atoms with Gasteiger partial charge in [0.15, 0.2) is 6.04 Å². The molecule has 0 amide bonds. The van der Waals surface area contributed by atoms with E-state index >= 15 is 0 Å². The molecule has 4 aromatic rings. The number of carbonyl (C=O) groups excluding carboxylic acids is 1. The standard InChI is InChI=1S/C32H35F4N5O2/c1-4-39-11-10-22(26(34)16-39)19-6-8-20(9-7-19)23-13-24(31(35)36)25-15-41(38-28(25)18(23)3)30(32(42)43-5-2)29-27-12-21(33)14-40(27)17-37-29/h6-9,13,15,17,21-22,26,30-31H,4-5,10-12,14,16H2,1-3H3/t21-,22+,26-,30?/m1/s1. The zero-order chi connectivity index (χ0) is 30.4. The Morgan fingerprint density at radius 1 is 1.14 bits per heavy atom. The van der Waals surface area contributed by atoms with Gasteiger partial charge in [0, 0.05) is 41.7 Å². The molecule has 0 aliphatic carbocycles. The number of aromatic nitrogens is 4. The van der Waals surface area contributed by atoms with Crippen LogP contribution in [0.2, 0.25) is 0 Å². The van der Waals surface area contributed by atoms with E-state index in [0.29, 0.717) is 40.1 Å². The Kier molecular flexibility index (Phi) is 8.02. The van der Waals surface area contributed by atoms with Crippen LogP contribution in [0.1, 0.15) is 66.7 Å². The first kappa shape index (κ1) is 29.3. The highest BCUT2D eigenvalue weighted by Crippen LogP contribution is 2.39. The van der Waals surface area contributed by atoms with Crippen LogP contribution in [0.5, 0.6) is 0 Å². The van der Waals surface area contributed by atoms with Gasteiger partial charge in [-0.05, 0) is 61.7 Å². The molecule has 0 N–H and O–H groups in total. The number of alkyl halides is 4. The summed E-state index contributed by atoms with van der Waals surface area (Å²) in [6.07, 6.45) is -1.15. The lowest BCUT2D eigenvalue weighted by atomic mass is 9.86. The van der Waals surface area contributed by atoms with E-state index < -0.39 is 30.8 Å². The molecule has 0 saturated carbocycles. The molecule has 7 nitrogen and oxygen atoms in total. The molecule has 2 aromatic heterocycles. The van der Waals surface area contributed by atoms with E-state index in [-0.39, 0.29) is 36.4 Å². The number of hydrogen-bond donors (Lipinski definition) is 0. The minimum atomic E-state index is -2.81. The number of benzene rings is 2. The summed E-state index contributed by atoms with van der Waals surface area (Å²) >= 11 is 0. The molecule has 1 fully saturated rings. The van der Waals surface area contributed by atoms with Crippen LogP contribution in [0.3, 0.4) is 0 Å². The number of nitrogens with zero attached hydrogens (tertiary/aromatic N) is 5. The number of likely N-dealkylation sites (tertiary alicyclic amines) is 1. The molecule has 43 heavy (non-hydrogen) atoms. The van der Waals surface area contributed by atoms with Crippen molar-refractivity contribution in [3.05, 3.63) is 70.9 Å². The average Bonchev–Trinajstić information content (AvgIpc) is 3.69. The first-order chi connectivity index (χ1) is 20.7. The second kappa shape index (κ2) is 11.7. The lowest BCUT2D eigenvalue weighted by molar-refractivity contribution is -0.146. The summed E-state index contributed by atoms with van der Waals surface area (Å²) in [6, 6.07) is 7.76. The molecule has 6 rings (SSSR count). The normalized spacial score (nSPS) is 21.4. The SMILES string of the molecule is CCOC(=O)C(c1ncn2c1C[C@@H](F)C2)n1cc2c(C(F)F)cc(-c3ccc([C@@H]4CCN(CC)C[C@H]4F)cc3)c(C)c2n1. The lowest BCUT2D eigenvalue weighted by Gasteiger charge is -2.34. The summed E-state index contributed by atoms with van der Waals surface area (Å²) in [5.74, 6) is -0.855. The first-order valence-corrected chi connectivity index (χ1v) is 14.8. The molecule has 0 spiro atoms. The van der Waals surface area contributed by atoms with Gasteiger partial charge in [-0.1, -0.05) is 31.2 Å². The Bertz CT molecular complexity index is 1630. The molecule has 4 heterocycles. The van der Waals surface area contributed by atoms with Crippen molar-refractivity contribution in [2.75, 3.05) is 26.2 Å². The predicted octanol–water partition coefficient (Wildman–Crippen LogP) is 6.34. The third kappa shape index (κ3) is 5.32. The predicted molar refractivity (Wildman–Crippen MR) is 155 cm³/mol. The van der Waals surface area contributed by atoms with E-state index in [9.17, 15) is 22.4 Å². The molecule has 2 aliphatic heterocycles. The molecule has 0 radical (unpaired) electrons. The second-order valence-corrected chi connectivity index (χ2v) is 11.4. The molecule has 0 bridgehead atoms. The fraction of sp³-hybridized carbons (Fsp3) is 0.469. The number of imidazole rings is 1. The maximum Gasteiger partial charge on any atom is 0.337 e. The monoisotopic (exact) mass is 597 g/mol. The number of aryl methyl sites for hydroxylation is 1. The highest BCUT2D eigenvalue weighted by atomic mass is 19.3. The fourth-order valence-electron chi connectivity index (χ4n) is 6.59. The number of esters is 1. The number of fused-ring (bicyclic) bond motifs is 2. The number of halogens is 4. The van der Waals surface area contributed by atoms with Crippen molar-refractivity contribution in [2.24, 2.45) is 0 Å². The summed E-state index contributed by atoms with van der Waals surface area (Å²) in [7, 11) is 0. The highest BCUT2D eigenvalue weighted by Gasteiger charge is 2.35. The molecule has 2 aliphatic rings. The fourth-order valence-corrected chi connectivity index (χ4v) is 6.59. The van der Waals surface area contributed by atoms with Gasteiger partial charge in [-0.15, -0.1) is 0 Å². The summed E-state index contributed by atoms with van der Waals surface area (Å²) in [5, 5.41) is 4.86.